The highest BCUT2D eigenvalue weighted by Gasteiger charge is 2.63. The summed E-state index contributed by atoms with van der Waals surface area (Å²) in [6.07, 6.45) is 3.90. The van der Waals surface area contributed by atoms with E-state index in [0.29, 0.717) is 11.4 Å². The van der Waals surface area contributed by atoms with Gasteiger partial charge in [-0.15, -0.1) is 0 Å². The number of nitrogens with zero attached hydrogens (tertiary/aromatic N) is 2. The minimum Gasteiger partial charge on any atom is -0.497 e. The Hall–Kier alpha value is -3.41. The van der Waals surface area contributed by atoms with Gasteiger partial charge in [-0.2, -0.15) is 0 Å². The third-order valence-corrected chi connectivity index (χ3v) is 6.79. The van der Waals surface area contributed by atoms with Crippen LogP contribution in [0.5, 0.6) is 5.75 Å². The molecule has 6 heteroatoms. The van der Waals surface area contributed by atoms with Crippen LogP contribution in [-0.4, -0.2) is 36.8 Å². The molecule has 3 heterocycles. The maximum absolute atomic E-state index is 13.7. The molecule has 158 valence electrons. The topological polar surface area (TPSA) is 66.9 Å². The van der Waals surface area contributed by atoms with Gasteiger partial charge in [-0.3, -0.25) is 14.4 Å². The lowest BCUT2D eigenvalue weighted by molar-refractivity contribution is -0.126. The first-order valence-corrected chi connectivity index (χ1v) is 10.4. The molecule has 0 saturated carbocycles. The number of hydrogen-bond acceptors (Lipinski definition) is 5. The number of Topliss-reactive ketones (excluding diaryl/α,β-unsaturated/α-hetero) is 1. The van der Waals surface area contributed by atoms with Gasteiger partial charge in [0.1, 0.15) is 11.8 Å². The maximum atomic E-state index is 13.7. The summed E-state index contributed by atoms with van der Waals surface area (Å²) in [5.41, 5.74) is 4.14. The van der Waals surface area contributed by atoms with E-state index in [1.807, 2.05) is 67.3 Å². The van der Waals surface area contributed by atoms with Crippen LogP contribution in [0.2, 0.25) is 0 Å². The summed E-state index contributed by atoms with van der Waals surface area (Å²) in [5, 5.41) is 0. The fraction of sp³-hybridized carbons (Fsp3) is 0.320. The molecule has 2 saturated heterocycles. The van der Waals surface area contributed by atoms with Gasteiger partial charge in [-0.25, -0.2) is 4.90 Å². The number of hydrogen-bond donors (Lipinski definition) is 0. The largest absolute Gasteiger partial charge is 0.497 e. The van der Waals surface area contributed by atoms with Crippen molar-refractivity contribution in [2.24, 2.45) is 11.8 Å². The van der Waals surface area contributed by atoms with E-state index in [1.165, 1.54) is 11.8 Å². The van der Waals surface area contributed by atoms with Crippen LogP contribution in [0.25, 0.3) is 6.08 Å². The number of anilines is 2. The molecule has 5 rings (SSSR count). The summed E-state index contributed by atoms with van der Waals surface area (Å²) in [6.45, 7) is 5.30. The lowest BCUT2D eigenvalue weighted by atomic mass is 9.88. The van der Waals surface area contributed by atoms with E-state index in [4.69, 9.17) is 4.74 Å². The highest BCUT2D eigenvalue weighted by Crippen LogP contribution is 2.50. The molecule has 6 nitrogen and oxygen atoms in total. The second-order valence-electron chi connectivity index (χ2n) is 8.54. The molecule has 0 aromatic heterocycles. The standard InChI is InChI=1S/C25H24N2O4/c1-13-6-5-7-14(2)22(13)27-24(29)20-19-10-8-16-12-17(31-4)9-11-18(16)26(19)23(15(3)28)21(20)25(27)30/h5-12,19-21,23H,1-4H3/t19-,20-,21+,23+/m0/s1. The number of ketones is 1. The van der Waals surface area contributed by atoms with Crippen molar-refractivity contribution >= 4 is 35.0 Å². The SMILES string of the molecule is COc1ccc2c(c1)C=C[C@H]1[C@@H]3C(=O)N(c4c(C)cccc4C)C(=O)[C@H]3[C@@H](C(C)=O)N21. The number of carbonyl (C=O) groups is 3. The lowest BCUT2D eigenvalue weighted by Gasteiger charge is -2.36. The third-order valence-electron chi connectivity index (χ3n) is 6.79. The zero-order valence-corrected chi connectivity index (χ0v) is 18.0. The van der Waals surface area contributed by atoms with Crippen LogP contribution in [0.15, 0.2) is 42.5 Å². The number of fused-ring (bicyclic) bond motifs is 5. The minimum atomic E-state index is -0.702. The highest BCUT2D eigenvalue weighted by atomic mass is 16.5. The number of benzene rings is 2. The van der Waals surface area contributed by atoms with E-state index in [-0.39, 0.29) is 23.6 Å². The molecule has 2 aromatic carbocycles. The summed E-state index contributed by atoms with van der Waals surface area (Å²) in [7, 11) is 1.61. The second kappa shape index (κ2) is 6.80. The Morgan fingerprint density at radius 3 is 2.32 bits per heavy atom. The van der Waals surface area contributed by atoms with E-state index in [0.717, 1.165) is 22.4 Å². The van der Waals surface area contributed by atoms with E-state index in [9.17, 15) is 14.4 Å². The van der Waals surface area contributed by atoms with Crippen LogP contribution in [0.3, 0.4) is 0 Å². The zero-order valence-electron chi connectivity index (χ0n) is 18.0. The van der Waals surface area contributed by atoms with Crippen molar-refractivity contribution in [2.75, 3.05) is 16.9 Å². The number of amides is 2. The average molecular weight is 416 g/mol. The fourth-order valence-electron chi connectivity index (χ4n) is 5.52. The van der Waals surface area contributed by atoms with Gasteiger partial charge in [0.25, 0.3) is 0 Å². The molecule has 0 aliphatic carbocycles. The summed E-state index contributed by atoms with van der Waals surface area (Å²) in [4.78, 5) is 43.4. The molecule has 2 aromatic rings. The first kappa shape index (κ1) is 19.5. The predicted molar refractivity (Wildman–Crippen MR) is 118 cm³/mol. The molecule has 3 aliphatic rings. The summed E-state index contributed by atoms with van der Waals surface area (Å²) in [5.74, 6) is -1.20. The molecule has 3 aliphatic heterocycles. The van der Waals surface area contributed by atoms with Crippen LogP contribution in [0.1, 0.15) is 23.6 Å². The Morgan fingerprint density at radius 1 is 1.00 bits per heavy atom. The molecule has 0 bridgehead atoms. The molecule has 2 fully saturated rings. The van der Waals surface area contributed by atoms with Gasteiger partial charge in [0.15, 0.2) is 5.78 Å². The molecular weight excluding hydrogens is 392 g/mol. The number of para-hydroxylation sites is 1. The normalized spacial score (nSPS) is 26.1. The number of rotatable bonds is 3. The third kappa shape index (κ3) is 2.60. The average Bonchev–Trinajstić information content (AvgIpc) is 3.22. The zero-order chi connectivity index (χ0) is 22.0. The van der Waals surface area contributed by atoms with Gasteiger partial charge in [-0.1, -0.05) is 30.4 Å². The minimum absolute atomic E-state index is 0.112. The first-order valence-electron chi connectivity index (χ1n) is 10.4. The van der Waals surface area contributed by atoms with Crippen molar-refractivity contribution in [3.05, 3.63) is 59.2 Å². The smallest absolute Gasteiger partial charge is 0.240 e. The van der Waals surface area contributed by atoms with E-state index in [1.54, 1.807) is 7.11 Å². The van der Waals surface area contributed by atoms with E-state index in [2.05, 4.69) is 0 Å². The van der Waals surface area contributed by atoms with E-state index < -0.39 is 17.9 Å². The number of carbonyl (C=O) groups excluding carboxylic acids is 3. The van der Waals surface area contributed by atoms with Crippen molar-refractivity contribution in [1.29, 1.82) is 0 Å². The van der Waals surface area contributed by atoms with Crippen LogP contribution in [0, 0.1) is 25.7 Å². The van der Waals surface area contributed by atoms with Crippen molar-refractivity contribution in [3.8, 4) is 5.75 Å². The first-order chi connectivity index (χ1) is 14.8. The lowest BCUT2D eigenvalue weighted by Crippen LogP contribution is -2.48. The quantitative estimate of drug-likeness (QED) is 0.719. The predicted octanol–water partition coefficient (Wildman–Crippen LogP) is 3.29. The van der Waals surface area contributed by atoms with E-state index >= 15 is 0 Å². The van der Waals surface area contributed by atoms with Gasteiger partial charge in [-0.05, 0) is 50.1 Å². The van der Waals surface area contributed by atoms with Crippen LogP contribution < -0.4 is 14.5 Å². The van der Waals surface area contributed by atoms with Gasteiger partial charge in [0.2, 0.25) is 11.8 Å². The molecule has 31 heavy (non-hydrogen) atoms. The van der Waals surface area contributed by atoms with Crippen LogP contribution >= 0.6 is 0 Å². The van der Waals surface area contributed by atoms with Gasteiger partial charge in [0.05, 0.1) is 30.7 Å². The second-order valence-corrected chi connectivity index (χ2v) is 8.54. The molecule has 2 amide bonds. The number of aryl methyl sites for hydroxylation is 2. The molecule has 4 atom stereocenters. The Balaban J connectivity index is 1.63. The fourth-order valence-corrected chi connectivity index (χ4v) is 5.52. The van der Waals surface area contributed by atoms with Gasteiger partial charge >= 0.3 is 0 Å². The molecule has 0 radical (unpaired) electrons. The van der Waals surface area contributed by atoms with Crippen LogP contribution in [0.4, 0.5) is 11.4 Å². The van der Waals surface area contributed by atoms with Gasteiger partial charge < -0.3 is 9.64 Å². The Kier molecular flexibility index (Phi) is 4.29. The highest BCUT2D eigenvalue weighted by molar-refractivity contribution is 6.25. The Labute approximate surface area is 181 Å². The summed E-state index contributed by atoms with van der Waals surface area (Å²) >= 11 is 0. The molecular formula is C25H24N2O4. The Morgan fingerprint density at radius 2 is 1.68 bits per heavy atom. The number of imide groups is 1. The summed E-state index contributed by atoms with van der Waals surface area (Å²) in [6, 6.07) is 10.3. The molecule has 0 spiro atoms. The van der Waals surface area contributed by atoms with Crippen LogP contribution in [-0.2, 0) is 14.4 Å². The maximum Gasteiger partial charge on any atom is 0.240 e. The van der Waals surface area contributed by atoms with Crippen molar-refractivity contribution in [1.82, 2.24) is 0 Å². The van der Waals surface area contributed by atoms with Crippen molar-refractivity contribution < 1.29 is 19.1 Å². The molecule has 0 unspecified atom stereocenters. The monoisotopic (exact) mass is 416 g/mol. The number of ether oxygens (including phenoxy) is 1. The number of methoxy groups -OCH3 is 1. The van der Waals surface area contributed by atoms with Crippen molar-refractivity contribution in [3.63, 3.8) is 0 Å². The van der Waals surface area contributed by atoms with Gasteiger partial charge in [0, 0.05) is 11.3 Å². The Bertz CT molecular complexity index is 1150. The summed E-state index contributed by atoms with van der Waals surface area (Å²) < 4.78 is 5.33. The van der Waals surface area contributed by atoms with Crippen molar-refractivity contribution in [2.45, 2.75) is 32.9 Å². The molecule has 0 N–H and O–H groups in total.